The number of allylic oxidation sites excluding steroid dienone is 1. The molecule has 0 bridgehead atoms. The number of ether oxygens (including phenoxy) is 1. The molecule has 1 unspecified atom stereocenters. The third-order valence-corrected chi connectivity index (χ3v) is 7.62. The summed E-state index contributed by atoms with van der Waals surface area (Å²) in [6.07, 6.45) is 1.36. The highest BCUT2D eigenvalue weighted by Crippen LogP contribution is 2.34. The minimum Gasteiger partial charge on any atom is -0.459 e. The van der Waals surface area contributed by atoms with E-state index in [-0.39, 0.29) is 11.7 Å². The SMILES string of the molecule is CC1=C(C(=O)OC(C)C)C(c2ccccc2)n2c(sc(=Cc3ccc(-c4cccc(Cl)c4Cl)o3)c2=O)=N1. The highest BCUT2D eigenvalue weighted by atomic mass is 35.5. The van der Waals surface area contributed by atoms with Crippen LogP contribution in [0.2, 0.25) is 10.0 Å². The fraction of sp³-hybridized carbons (Fsp3) is 0.179. The van der Waals surface area contributed by atoms with Crippen LogP contribution in [0.5, 0.6) is 0 Å². The molecule has 0 aliphatic carbocycles. The number of esters is 1. The molecule has 37 heavy (non-hydrogen) atoms. The summed E-state index contributed by atoms with van der Waals surface area (Å²) >= 11 is 13.7. The second kappa shape index (κ2) is 10.2. The zero-order valence-corrected chi connectivity index (χ0v) is 22.5. The number of benzene rings is 2. The van der Waals surface area contributed by atoms with Gasteiger partial charge in [-0.2, -0.15) is 0 Å². The van der Waals surface area contributed by atoms with Crippen LogP contribution in [0.15, 0.2) is 86.1 Å². The molecule has 188 valence electrons. The molecule has 9 heteroatoms. The third kappa shape index (κ3) is 4.82. The predicted molar refractivity (Wildman–Crippen MR) is 146 cm³/mol. The fourth-order valence-electron chi connectivity index (χ4n) is 4.21. The Morgan fingerprint density at radius 1 is 1.11 bits per heavy atom. The lowest BCUT2D eigenvalue weighted by atomic mass is 9.96. The van der Waals surface area contributed by atoms with Gasteiger partial charge in [0.2, 0.25) is 0 Å². The highest BCUT2D eigenvalue weighted by Gasteiger charge is 2.33. The molecule has 2 aromatic heterocycles. The zero-order valence-electron chi connectivity index (χ0n) is 20.2. The van der Waals surface area contributed by atoms with Gasteiger partial charge in [0, 0.05) is 11.6 Å². The van der Waals surface area contributed by atoms with E-state index in [1.807, 2.05) is 36.4 Å². The second-order valence-corrected chi connectivity index (χ2v) is 10.5. The first-order valence-electron chi connectivity index (χ1n) is 11.6. The molecule has 0 spiro atoms. The molecule has 3 heterocycles. The van der Waals surface area contributed by atoms with Gasteiger partial charge in [-0.25, -0.2) is 9.79 Å². The number of nitrogens with zero attached hydrogens (tertiary/aromatic N) is 2. The molecule has 0 fully saturated rings. The highest BCUT2D eigenvalue weighted by molar-refractivity contribution is 7.07. The van der Waals surface area contributed by atoms with Crippen LogP contribution in [0.1, 0.15) is 38.1 Å². The number of halogens is 2. The summed E-state index contributed by atoms with van der Waals surface area (Å²) in [6.45, 7) is 5.33. The summed E-state index contributed by atoms with van der Waals surface area (Å²) in [4.78, 5) is 31.9. The molecule has 4 aromatic rings. The van der Waals surface area contributed by atoms with Gasteiger partial charge in [0.25, 0.3) is 5.56 Å². The molecule has 5 rings (SSSR count). The second-order valence-electron chi connectivity index (χ2n) is 8.75. The van der Waals surface area contributed by atoms with Crippen molar-refractivity contribution in [3.63, 3.8) is 0 Å². The lowest BCUT2D eigenvalue weighted by Gasteiger charge is -2.25. The summed E-state index contributed by atoms with van der Waals surface area (Å²) in [7, 11) is 0. The number of hydrogen-bond donors (Lipinski definition) is 0. The van der Waals surface area contributed by atoms with E-state index in [1.54, 1.807) is 55.7 Å². The average molecular weight is 553 g/mol. The molecule has 6 nitrogen and oxygen atoms in total. The van der Waals surface area contributed by atoms with E-state index in [0.717, 1.165) is 5.56 Å². The summed E-state index contributed by atoms with van der Waals surface area (Å²) in [6, 6.07) is 17.6. The maximum absolute atomic E-state index is 13.7. The van der Waals surface area contributed by atoms with Crippen molar-refractivity contribution in [1.29, 1.82) is 0 Å². The number of carbonyl (C=O) groups excluding carboxylic acids is 1. The quantitative estimate of drug-likeness (QED) is 0.295. The van der Waals surface area contributed by atoms with Crippen molar-refractivity contribution in [3.8, 4) is 11.3 Å². The molecule has 1 atom stereocenters. The van der Waals surface area contributed by atoms with Crippen molar-refractivity contribution in [2.24, 2.45) is 4.99 Å². The number of rotatable bonds is 5. The van der Waals surface area contributed by atoms with Crippen LogP contribution in [0.25, 0.3) is 17.4 Å². The van der Waals surface area contributed by atoms with E-state index >= 15 is 0 Å². The van der Waals surface area contributed by atoms with Gasteiger partial charge in [-0.05, 0) is 50.6 Å². The Bertz CT molecular complexity index is 1710. The van der Waals surface area contributed by atoms with Gasteiger partial charge in [0.15, 0.2) is 4.80 Å². The van der Waals surface area contributed by atoms with E-state index in [0.29, 0.717) is 47.7 Å². The fourth-order valence-corrected chi connectivity index (χ4v) is 5.63. The van der Waals surface area contributed by atoms with Crippen molar-refractivity contribution in [3.05, 3.63) is 113 Å². The number of fused-ring (bicyclic) bond motifs is 1. The van der Waals surface area contributed by atoms with Gasteiger partial charge < -0.3 is 9.15 Å². The third-order valence-electron chi connectivity index (χ3n) is 5.82. The lowest BCUT2D eigenvalue weighted by molar-refractivity contribution is -0.143. The van der Waals surface area contributed by atoms with Crippen LogP contribution in [-0.2, 0) is 9.53 Å². The first-order chi connectivity index (χ1) is 17.7. The van der Waals surface area contributed by atoms with Gasteiger partial charge >= 0.3 is 5.97 Å². The van der Waals surface area contributed by atoms with Crippen LogP contribution < -0.4 is 14.9 Å². The normalized spacial score (nSPS) is 15.6. The topological polar surface area (TPSA) is 73.8 Å². The van der Waals surface area contributed by atoms with Gasteiger partial charge in [-0.1, -0.05) is 70.9 Å². The van der Waals surface area contributed by atoms with Gasteiger partial charge in [0.1, 0.15) is 11.5 Å². The van der Waals surface area contributed by atoms with Crippen molar-refractivity contribution >= 4 is 46.6 Å². The molecule has 1 aliphatic heterocycles. The summed E-state index contributed by atoms with van der Waals surface area (Å²) in [5.74, 6) is 0.513. The standard InChI is InChI=1S/C28H22Cl2N2O4S/c1-15(2)35-27(34)23-16(3)31-28-32(25(23)17-8-5-4-6-9-17)26(33)22(37-28)14-18-12-13-21(36-18)19-10-7-11-20(29)24(19)30/h4-15,25H,1-3H3. The van der Waals surface area contributed by atoms with Crippen molar-refractivity contribution in [1.82, 2.24) is 4.57 Å². The van der Waals surface area contributed by atoms with Crippen LogP contribution in [-0.4, -0.2) is 16.6 Å². The lowest BCUT2D eigenvalue weighted by Crippen LogP contribution is -2.40. The number of furan rings is 1. The van der Waals surface area contributed by atoms with E-state index < -0.39 is 12.0 Å². The molecule has 0 N–H and O–H groups in total. The Morgan fingerprint density at radius 2 is 1.86 bits per heavy atom. The molecule has 0 amide bonds. The minimum absolute atomic E-state index is 0.279. The predicted octanol–water partition coefficient (Wildman–Crippen LogP) is 5.75. The Balaban J connectivity index is 1.63. The van der Waals surface area contributed by atoms with Gasteiger partial charge in [0.05, 0.1) is 38.0 Å². The largest absolute Gasteiger partial charge is 0.459 e. The van der Waals surface area contributed by atoms with Crippen LogP contribution >= 0.6 is 34.5 Å². The number of thiazole rings is 1. The van der Waals surface area contributed by atoms with E-state index in [2.05, 4.69) is 4.99 Å². The van der Waals surface area contributed by atoms with Crippen LogP contribution in [0.3, 0.4) is 0 Å². The molecule has 0 saturated carbocycles. The van der Waals surface area contributed by atoms with Gasteiger partial charge in [-0.15, -0.1) is 0 Å². The molecule has 1 aliphatic rings. The van der Waals surface area contributed by atoms with E-state index in [9.17, 15) is 9.59 Å². The smallest absolute Gasteiger partial charge is 0.338 e. The van der Waals surface area contributed by atoms with E-state index in [1.165, 1.54) is 11.3 Å². The average Bonchev–Trinajstić information content (AvgIpc) is 3.44. The van der Waals surface area contributed by atoms with E-state index in [4.69, 9.17) is 32.4 Å². The number of carbonyl (C=O) groups is 1. The summed E-state index contributed by atoms with van der Waals surface area (Å²) in [5.41, 5.74) is 2.02. The molecule has 2 aromatic carbocycles. The monoisotopic (exact) mass is 552 g/mol. The Morgan fingerprint density at radius 3 is 2.59 bits per heavy atom. The Labute approximate surface area is 226 Å². The maximum atomic E-state index is 13.7. The first-order valence-corrected chi connectivity index (χ1v) is 13.1. The van der Waals surface area contributed by atoms with Crippen molar-refractivity contribution in [2.45, 2.75) is 32.9 Å². The maximum Gasteiger partial charge on any atom is 0.338 e. The van der Waals surface area contributed by atoms with Gasteiger partial charge in [-0.3, -0.25) is 9.36 Å². The van der Waals surface area contributed by atoms with Crippen LogP contribution in [0.4, 0.5) is 0 Å². The number of aromatic nitrogens is 1. The Kier molecular flexibility index (Phi) is 6.94. The zero-order chi connectivity index (χ0) is 26.3. The molecule has 0 saturated heterocycles. The summed E-state index contributed by atoms with van der Waals surface area (Å²) < 4.78 is 13.5. The van der Waals surface area contributed by atoms with Crippen molar-refractivity contribution < 1.29 is 13.9 Å². The molecular weight excluding hydrogens is 531 g/mol. The van der Waals surface area contributed by atoms with Crippen molar-refractivity contribution in [2.75, 3.05) is 0 Å². The van der Waals surface area contributed by atoms with Crippen LogP contribution in [0, 0.1) is 0 Å². The first kappa shape index (κ1) is 25.3. The Hall–Kier alpha value is -3.39. The molecular formula is C28H22Cl2N2O4S. The molecule has 0 radical (unpaired) electrons. The summed E-state index contributed by atoms with van der Waals surface area (Å²) in [5, 5.41) is 0.817. The number of hydrogen-bond acceptors (Lipinski definition) is 6. The minimum atomic E-state index is -0.664.